The van der Waals surface area contributed by atoms with Gasteiger partial charge in [-0.1, -0.05) is 17.7 Å². The summed E-state index contributed by atoms with van der Waals surface area (Å²) in [6.45, 7) is 2.01. The molecule has 3 aliphatic rings. The predicted octanol–water partition coefficient (Wildman–Crippen LogP) is 1.80. The third kappa shape index (κ3) is 1.41. The quantitative estimate of drug-likeness (QED) is 0.468. The highest BCUT2D eigenvalue weighted by atomic mass is 16.3. The molecule has 2 bridgehead atoms. The lowest BCUT2D eigenvalue weighted by atomic mass is 9.82. The van der Waals surface area contributed by atoms with Gasteiger partial charge in [-0.3, -0.25) is 9.59 Å². The predicted molar refractivity (Wildman–Crippen MR) is 74.6 cm³/mol. The molecule has 2 amide bonds. The van der Waals surface area contributed by atoms with E-state index >= 15 is 0 Å². The summed E-state index contributed by atoms with van der Waals surface area (Å²) in [5.41, 5.74) is 1.26. The minimum Gasteiger partial charge on any atom is -0.504 e. The van der Waals surface area contributed by atoms with Crippen molar-refractivity contribution in [1.29, 1.82) is 0 Å². The van der Waals surface area contributed by atoms with Crippen LogP contribution in [0.2, 0.25) is 0 Å². The number of allylic oxidation sites excluding steroid dienone is 2. The molecule has 1 saturated heterocycles. The van der Waals surface area contributed by atoms with Gasteiger partial charge in [0, 0.05) is 0 Å². The molecule has 4 unspecified atom stereocenters. The van der Waals surface area contributed by atoms with E-state index in [1.807, 2.05) is 6.92 Å². The Morgan fingerprint density at radius 3 is 2.62 bits per heavy atom. The molecule has 2 fully saturated rings. The number of rotatable bonds is 1. The van der Waals surface area contributed by atoms with Gasteiger partial charge in [0.15, 0.2) is 11.5 Å². The van der Waals surface area contributed by atoms with Crippen LogP contribution in [-0.2, 0) is 9.59 Å². The smallest absolute Gasteiger partial charge is 0.238 e. The van der Waals surface area contributed by atoms with Crippen LogP contribution < -0.4 is 4.90 Å². The standard InChI is InChI=1S/C16H15NO4/c1-7-5-8-6-9(7)13-12(8)15(20)17(16(13)21)10-3-2-4-11(18)14(10)19/h2-5,8-9,12-13,18-19H,6H2,1H3. The number of nitrogens with zero attached hydrogens (tertiary/aromatic N) is 1. The average Bonchev–Trinajstić information content (AvgIpc) is 3.06. The van der Waals surface area contributed by atoms with Crippen molar-refractivity contribution < 1.29 is 19.8 Å². The zero-order valence-electron chi connectivity index (χ0n) is 11.5. The van der Waals surface area contributed by atoms with Gasteiger partial charge in [-0.05, 0) is 37.3 Å². The summed E-state index contributed by atoms with van der Waals surface area (Å²) in [4.78, 5) is 26.4. The number of amides is 2. The van der Waals surface area contributed by atoms with Crippen LogP contribution in [-0.4, -0.2) is 22.0 Å². The van der Waals surface area contributed by atoms with E-state index < -0.39 is 5.75 Å². The number of anilines is 1. The van der Waals surface area contributed by atoms with Crippen molar-refractivity contribution in [3.05, 3.63) is 29.8 Å². The number of hydrogen-bond acceptors (Lipinski definition) is 4. The van der Waals surface area contributed by atoms with Crippen molar-refractivity contribution >= 4 is 17.5 Å². The normalized spacial score (nSPS) is 33.6. The van der Waals surface area contributed by atoms with E-state index in [-0.39, 0.29) is 46.9 Å². The number of carbonyl (C=O) groups excluding carboxylic acids is 2. The molecule has 4 atom stereocenters. The monoisotopic (exact) mass is 285 g/mol. The molecule has 108 valence electrons. The minimum atomic E-state index is -0.420. The van der Waals surface area contributed by atoms with Gasteiger partial charge in [-0.15, -0.1) is 0 Å². The zero-order valence-corrected chi connectivity index (χ0v) is 11.5. The molecule has 1 heterocycles. The number of para-hydroxylation sites is 1. The molecule has 0 spiro atoms. The first-order valence-corrected chi connectivity index (χ1v) is 7.07. The van der Waals surface area contributed by atoms with E-state index in [4.69, 9.17) is 0 Å². The largest absolute Gasteiger partial charge is 0.504 e. The first-order chi connectivity index (χ1) is 10.0. The minimum absolute atomic E-state index is 0.0800. The third-order valence-electron chi connectivity index (χ3n) is 5.12. The van der Waals surface area contributed by atoms with Gasteiger partial charge >= 0.3 is 0 Å². The third-order valence-corrected chi connectivity index (χ3v) is 5.12. The highest BCUT2D eigenvalue weighted by molar-refractivity contribution is 6.23. The number of benzene rings is 1. The number of phenolic OH excluding ortho intramolecular Hbond substituents is 2. The molecule has 2 aliphatic carbocycles. The number of hydrogen-bond donors (Lipinski definition) is 2. The Kier molecular flexibility index (Phi) is 2.29. The molecule has 5 nitrogen and oxygen atoms in total. The van der Waals surface area contributed by atoms with Crippen molar-refractivity contribution in [2.24, 2.45) is 23.7 Å². The Morgan fingerprint density at radius 1 is 1.14 bits per heavy atom. The first kappa shape index (κ1) is 12.4. The lowest BCUT2D eigenvalue weighted by Crippen LogP contribution is -2.33. The molecule has 0 aromatic heterocycles. The lowest BCUT2D eigenvalue weighted by molar-refractivity contribution is -0.123. The van der Waals surface area contributed by atoms with Crippen LogP contribution in [0.4, 0.5) is 5.69 Å². The van der Waals surface area contributed by atoms with Gasteiger partial charge in [0.2, 0.25) is 11.8 Å². The highest BCUT2D eigenvalue weighted by Gasteiger charge is 2.61. The fourth-order valence-electron chi connectivity index (χ4n) is 4.21. The second kappa shape index (κ2) is 3.87. The number of imide groups is 1. The fourth-order valence-corrected chi connectivity index (χ4v) is 4.21. The molecule has 1 aliphatic heterocycles. The van der Waals surface area contributed by atoms with Crippen LogP contribution in [0, 0.1) is 23.7 Å². The van der Waals surface area contributed by atoms with Gasteiger partial charge < -0.3 is 10.2 Å². The number of carbonyl (C=O) groups is 2. The Labute approximate surface area is 121 Å². The van der Waals surface area contributed by atoms with Crippen LogP contribution in [0.5, 0.6) is 11.5 Å². The maximum Gasteiger partial charge on any atom is 0.238 e. The summed E-state index contributed by atoms with van der Waals surface area (Å²) in [5.74, 6) is -1.63. The zero-order chi connectivity index (χ0) is 14.9. The molecular formula is C16H15NO4. The van der Waals surface area contributed by atoms with Gasteiger partial charge in [-0.25, -0.2) is 4.90 Å². The topological polar surface area (TPSA) is 77.8 Å². The van der Waals surface area contributed by atoms with Gasteiger partial charge in [0.05, 0.1) is 17.5 Å². The average molecular weight is 285 g/mol. The fraction of sp³-hybridized carbons (Fsp3) is 0.375. The summed E-state index contributed by atoms with van der Waals surface area (Å²) >= 11 is 0. The molecule has 5 heteroatoms. The molecule has 1 aromatic rings. The molecular weight excluding hydrogens is 270 g/mol. The number of phenols is 2. The SMILES string of the molecule is CC1=CC2CC1C1C(=O)N(c3cccc(O)c3O)C(=O)C21. The van der Waals surface area contributed by atoms with Crippen LogP contribution in [0.1, 0.15) is 13.3 Å². The second-order valence-corrected chi connectivity index (χ2v) is 6.13. The lowest BCUT2D eigenvalue weighted by Gasteiger charge is -2.19. The molecule has 1 saturated carbocycles. The van der Waals surface area contributed by atoms with Crippen LogP contribution in [0.25, 0.3) is 0 Å². The summed E-state index contributed by atoms with van der Waals surface area (Å²) < 4.78 is 0. The van der Waals surface area contributed by atoms with Crippen molar-refractivity contribution in [2.45, 2.75) is 13.3 Å². The van der Waals surface area contributed by atoms with E-state index in [1.165, 1.54) is 23.8 Å². The summed E-state index contributed by atoms with van der Waals surface area (Å²) in [6, 6.07) is 4.31. The maximum absolute atomic E-state index is 12.7. The van der Waals surface area contributed by atoms with Gasteiger partial charge in [0.25, 0.3) is 0 Å². The number of fused-ring (bicyclic) bond motifs is 5. The second-order valence-electron chi connectivity index (χ2n) is 6.13. The summed E-state index contributed by atoms with van der Waals surface area (Å²) in [7, 11) is 0. The highest BCUT2D eigenvalue weighted by Crippen LogP contribution is 2.56. The van der Waals surface area contributed by atoms with E-state index in [1.54, 1.807) is 0 Å². The van der Waals surface area contributed by atoms with Crippen molar-refractivity contribution in [2.75, 3.05) is 4.90 Å². The molecule has 2 N–H and O–H groups in total. The molecule has 4 rings (SSSR count). The Morgan fingerprint density at radius 2 is 1.86 bits per heavy atom. The van der Waals surface area contributed by atoms with Gasteiger partial charge in [0.1, 0.15) is 0 Å². The maximum atomic E-state index is 12.7. The van der Waals surface area contributed by atoms with Crippen LogP contribution in [0.15, 0.2) is 29.8 Å². The summed E-state index contributed by atoms with van der Waals surface area (Å²) in [5, 5.41) is 19.5. The van der Waals surface area contributed by atoms with Crippen LogP contribution >= 0.6 is 0 Å². The van der Waals surface area contributed by atoms with Crippen molar-refractivity contribution in [3.8, 4) is 11.5 Å². The van der Waals surface area contributed by atoms with E-state index in [0.29, 0.717) is 0 Å². The summed E-state index contributed by atoms with van der Waals surface area (Å²) in [6.07, 6.45) is 2.97. The Bertz CT molecular complexity index is 708. The number of aromatic hydroxyl groups is 2. The van der Waals surface area contributed by atoms with E-state index in [2.05, 4.69) is 6.08 Å². The van der Waals surface area contributed by atoms with Gasteiger partial charge in [-0.2, -0.15) is 0 Å². The Balaban J connectivity index is 1.79. The van der Waals surface area contributed by atoms with Crippen molar-refractivity contribution in [3.63, 3.8) is 0 Å². The van der Waals surface area contributed by atoms with Crippen molar-refractivity contribution in [1.82, 2.24) is 0 Å². The Hall–Kier alpha value is -2.30. The van der Waals surface area contributed by atoms with E-state index in [9.17, 15) is 19.8 Å². The van der Waals surface area contributed by atoms with Crippen LogP contribution in [0.3, 0.4) is 0 Å². The van der Waals surface area contributed by atoms with E-state index in [0.717, 1.165) is 11.3 Å². The molecule has 0 radical (unpaired) electrons. The molecule has 1 aromatic carbocycles. The molecule has 21 heavy (non-hydrogen) atoms. The first-order valence-electron chi connectivity index (χ1n) is 7.07.